The SMILES string of the molecule is Cc1cccc(OC(=O)c2ccc(N3C(=O)[C@@H]4[C@@H](C3=O)[C@H]3C=C[C@H]4C3)cc2)c1C. The highest BCUT2D eigenvalue weighted by Crippen LogP contribution is 2.53. The molecule has 5 heteroatoms. The molecular weight excluding hydrogens is 366 g/mol. The minimum atomic E-state index is -0.469. The molecule has 5 nitrogen and oxygen atoms in total. The van der Waals surface area contributed by atoms with Crippen molar-refractivity contribution in [2.24, 2.45) is 23.7 Å². The molecule has 2 fully saturated rings. The molecule has 1 heterocycles. The molecular formula is C24H21NO4. The van der Waals surface area contributed by atoms with Gasteiger partial charge < -0.3 is 4.74 Å². The summed E-state index contributed by atoms with van der Waals surface area (Å²) in [5, 5.41) is 0. The zero-order valence-electron chi connectivity index (χ0n) is 16.3. The highest BCUT2D eigenvalue weighted by atomic mass is 16.5. The van der Waals surface area contributed by atoms with E-state index in [2.05, 4.69) is 12.2 Å². The second-order valence-electron chi connectivity index (χ2n) is 8.15. The predicted molar refractivity (Wildman–Crippen MR) is 108 cm³/mol. The maximum atomic E-state index is 12.9. The Morgan fingerprint density at radius 2 is 1.55 bits per heavy atom. The third-order valence-electron chi connectivity index (χ3n) is 6.59. The fraction of sp³-hybridized carbons (Fsp3) is 0.292. The molecule has 2 bridgehead atoms. The number of esters is 1. The number of carbonyl (C=O) groups excluding carboxylic acids is 3. The number of imide groups is 1. The van der Waals surface area contributed by atoms with Crippen LogP contribution in [-0.4, -0.2) is 17.8 Å². The maximum Gasteiger partial charge on any atom is 0.343 e. The molecule has 0 spiro atoms. The summed E-state index contributed by atoms with van der Waals surface area (Å²) in [6, 6.07) is 12.1. The highest BCUT2D eigenvalue weighted by molar-refractivity contribution is 6.22. The van der Waals surface area contributed by atoms with Gasteiger partial charge in [0.2, 0.25) is 11.8 Å². The number of hydrogen-bond donors (Lipinski definition) is 0. The normalized spacial score (nSPS) is 26.9. The van der Waals surface area contributed by atoms with Gasteiger partial charge in [-0.05, 0) is 73.6 Å². The van der Waals surface area contributed by atoms with Crippen LogP contribution in [0, 0.1) is 37.5 Å². The van der Waals surface area contributed by atoms with E-state index in [1.165, 1.54) is 4.90 Å². The average Bonchev–Trinajstić information content (AvgIpc) is 3.39. The van der Waals surface area contributed by atoms with Crippen molar-refractivity contribution >= 4 is 23.5 Å². The summed E-state index contributed by atoms with van der Waals surface area (Å²) >= 11 is 0. The van der Waals surface area contributed by atoms with Gasteiger partial charge in [0.25, 0.3) is 0 Å². The van der Waals surface area contributed by atoms with Gasteiger partial charge in [-0.15, -0.1) is 0 Å². The Morgan fingerprint density at radius 3 is 2.17 bits per heavy atom. The molecule has 1 aliphatic heterocycles. The lowest BCUT2D eigenvalue weighted by molar-refractivity contribution is -0.123. The first-order chi connectivity index (χ1) is 14.0. The molecule has 2 aromatic carbocycles. The summed E-state index contributed by atoms with van der Waals surface area (Å²) in [7, 11) is 0. The van der Waals surface area contributed by atoms with E-state index in [-0.39, 0.29) is 35.5 Å². The van der Waals surface area contributed by atoms with Crippen LogP contribution in [0.3, 0.4) is 0 Å². The largest absolute Gasteiger partial charge is 0.423 e. The standard InChI is InChI=1S/C24H21NO4/c1-13-4-3-5-19(14(13)2)29-24(28)15-8-10-18(11-9-15)25-22(26)20-16-6-7-17(12-16)21(20)23(25)27/h3-11,16-17,20-21H,12H2,1-2H3/t16-,17-,20-,21-/m0/s1. The lowest BCUT2D eigenvalue weighted by Crippen LogP contribution is -2.32. The lowest BCUT2D eigenvalue weighted by atomic mass is 9.85. The third-order valence-corrected chi connectivity index (χ3v) is 6.59. The van der Waals surface area contributed by atoms with Crippen molar-refractivity contribution in [1.82, 2.24) is 0 Å². The van der Waals surface area contributed by atoms with Crippen LogP contribution in [0.25, 0.3) is 0 Å². The molecule has 0 N–H and O–H groups in total. The predicted octanol–water partition coefficient (Wildman–Crippen LogP) is 3.83. The van der Waals surface area contributed by atoms with Crippen molar-refractivity contribution in [3.63, 3.8) is 0 Å². The molecule has 146 valence electrons. The van der Waals surface area contributed by atoms with Crippen LogP contribution in [0.5, 0.6) is 5.75 Å². The smallest absolute Gasteiger partial charge is 0.343 e. The minimum absolute atomic E-state index is 0.123. The Morgan fingerprint density at radius 1 is 0.931 bits per heavy atom. The van der Waals surface area contributed by atoms with Crippen molar-refractivity contribution in [3.05, 3.63) is 71.3 Å². The van der Waals surface area contributed by atoms with Gasteiger partial charge >= 0.3 is 5.97 Å². The van der Waals surface area contributed by atoms with E-state index in [9.17, 15) is 14.4 Å². The molecule has 2 aromatic rings. The first-order valence-electron chi connectivity index (χ1n) is 9.90. The summed E-state index contributed by atoms with van der Waals surface area (Å²) < 4.78 is 5.52. The van der Waals surface area contributed by atoms with Crippen molar-refractivity contribution in [2.75, 3.05) is 4.90 Å². The van der Waals surface area contributed by atoms with Crippen LogP contribution in [0.2, 0.25) is 0 Å². The molecule has 2 aliphatic carbocycles. The molecule has 1 saturated heterocycles. The molecule has 0 radical (unpaired) electrons. The van der Waals surface area contributed by atoms with Crippen LogP contribution < -0.4 is 9.64 Å². The van der Waals surface area contributed by atoms with Crippen molar-refractivity contribution < 1.29 is 19.1 Å². The topological polar surface area (TPSA) is 63.7 Å². The first kappa shape index (κ1) is 17.9. The third kappa shape index (κ3) is 2.64. The number of rotatable bonds is 3. The van der Waals surface area contributed by atoms with E-state index in [0.29, 0.717) is 17.0 Å². The number of fused-ring (bicyclic) bond motifs is 5. The van der Waals surface area contributed by atoms with E-state index in [1.807, 2.05) is 26.0 Å². The summed E-state index contributed by atoms with van der Waals surface area (Å²) in [5.41, 5.74) is 2.85. The van der Waals surface area contributed by atoms with Gasteiger partial charge in [0.15, 0.2) is 0 Å². The zero-order valence-corrected chi connectivity index (χ0v) is 16.3. The fourth-order valence-corrected chi connectivity index (χ4v) is 4.90. The van der Waals surface area contributed by atoms with Crippen molar-refractivity contribution in [1.29, 1.82) is 0 Å². The number of carbonyl (C=O) groups is 3. The quantitative estimate of drug-likeness (QED) is 0.347. The first-order valence-corrected chi connectivity index (χ1v) is 9.90. The van der Waals surface area contributed by atoms with Gasteiger partial charge in [0, 0.05) is 0 Å². The number of allylic oxidation sites excluding steroid dienone is 2. The average molecular weight is 387 g/mol. The Bertz CT molecular complexity index is 1040. The van der Waals surface area contributed by atoms with Crippen LogP contribution in [-0.2, 0) is 9.59 Å². The molecule has 5 rings (SSSR count). The molecule has 0 unspecified atom stereocenters. The Labute approximate surface area is 169 Å². The van der Waals surface area contributed by atoms with Crippen LogP contribution >= 0.6 is 0 Å². The minimum Gasteiger partial charge on any atom is -0.423 e. The zero-order chi connectivity index (χ0) is 20.3. The summed E-state index contributed by atoms with van der Waals surface area (Å²) in [5.74, 6) is -0.289. The Balaban J connectivity index is 1.36. The van der Waals surface area contributed by atoms with E-state index < -0.39 is 5.97 Å². The maximum absolute atomic E-state index is 12.9. The molecule has 1 saturated carbocycles. The number of ether oxygens (including phenoxy) is 1. The number of amides is 2. The molecule has 0 aromatic heterocycles. The second-order valence-corrected chi connectivity index (χ2v) is 8.15. The molecule has 2 amide bonds. The summed E-state index contributed by atoms with van der Waals surface area (Å²) in [6.45, 7) is 3.87. The van der Waals surface area contributed by atoms with Gasteiger partial charge in [0.05, 0.1) is 23.1 Å². The van der Waals surface area contributed by atoms with Crippen LogP contribution in [0.4, 0.5) is 5.69 Å². The highest BCUT2D eigenvalue weighted by Gasteiger charge is 2.59. The Hall–Kier alpha value is -3.21. The van der Waals surface area contributed by atoms with Crippen LogP contribution in [0.15, 0.2) is 54.6 Å². The van der Waals surface area contributed by atoms with Gasteiger partial charge in [-0.25, -0.2) is 4.79 Å². The van der Waals surface area contributed by atoms with E-state index in [0.717, 1.165) is 17.5 Å². The van der Waals surface area contributed by atoms with E-state index in [4.69, 9.17) is 4.74 Å². The lowest BCUT2D eigenvalue weighted by Gasteiger charge is -2.17. The van der Waals surface area contributed by atoms with Crippen molar-refractivity contribution in [3.8, 4) is 5.75 Å². The summed E-state index contributed by atoms with van der Waals surface area (Å²) in [6.07, 6.45) is 5.06. The number of aryl methyl sites for hydroxylation is 1. The Kier molecular flexibility index (Phi) is 3.95. The molecule has 4 atom stereocenters. The monoisotopic (exact) mass is 387 g/mol. The van der Waals surface area contributed by atoms with E-state index in [1.54, 1.807) is 30.3 Å². The van der Waals surface area contributed by atoms with Crippen molar-refractivity contribution in [2.45, 2.75) is 20.3 Å². The second kappa shape index (κ2) is 6.41. The van der Waals surface area contributed by atoms with E-state index >= 15 is 0 Å². The summed E-state index contributed by atoms with van der Waals surface area (Å²) in [4.78, 5) is 39.6. The van der Waals surface area contributed by atoms with Crippen LogP contribution in [0.1, 0.15) is 27.9 Å². The number of anilines is 1. The van der Waals surface area contributed by atoms with Gasteiger partial charge in [0.1, 0.15) is 5.75 Å². The molecule has 3 aliphatic rings. The number of nitrogens with zero attached hydrogens (tertiary/aromatic N) is 1. The fourth-order valence-electron chi connectivity index (χ4n) is 4.90. The molecule has 29 heavy (non-hydrogen) atoms. The van der Waals surface area contributed by atoms with Gasteiger partial charge in [-0.1, -0.05) is 24.3 Å². The van der Waals surface area contributed by atoms with Gasteiger partial charge in [-0.3, -0.25) is 14.5 Å². The number of benzene rings is 2. The number of hydrogen-bond acceptors (Lipinski definition) is 4. The van der Waals surface area contributed by atoms with Gasteiger partial charge in [-0.2, -0.15) is 0 Å².